The number of hydrogen-bond donors (Lipinski definition) is 1. The van der Waals surface area contributed by atoms with Crippen LogP contribution in [0.3, 0.4) is 0 Å². The van der Waals surface area contributed by atoms with E-state index in [9.17, 15) is 4.79 Å². The second kappa shape index (κ2) is 5.11. The van der Waals surface area contributed by atoms with E-state index in [4.69, 9.17) is 9.47 Å². The van der Waals surface area contributed by atoms with Crippen molar-refractivity contribution in [3.05, 3.63) is 23.8 Å². The van der Waals surface area contributed by atoms with Crippen molar-refractivity contribution in [3.63, 3.8) is 0 Å². The van der Waals surface area contributed by atoms with Gasteiger partial charge in [-0.1, -0.05) is 0 Å². The molecule has 4 nitrogen and oxygen atoms in total. The average Bonchev–Trinajstić information content (AvgIpc) is 3.25. The van der Waals surface area contributed by atoms with E-state index < -0.39 is 0 Å². The van der Waals surface area contributed by atoms with Crippen molar-refractivity contribution in [3.8, 4) is 11.5 Å². The summed E-state index contributed by atoms with van der Waals surface area (Å²) in [6.07, 6.45) is 3.92. The number of amides is 1. The number of ether oxygens (including phenoxy) is 2. The standard InChI is InChI=1S/C15H19NO3/c1-18-11-6-7-14-12(9-11)13(3-2-8-19-14)16-15(17)10-4-5-10/h6-7,9-10,13H,2-5,8H2,1H3,(H,16,17). The summed E-state index contributed by atoms with van der Waals surface area (Å²) in [4.78, 5) is 12.0. The van der Waals surface area contributed by atoms with Crippen LogP contribution in [0.5, 0.6) is 11.5 Å². The van der Waals surface area contributed by atoms with E-state index in [0.717, 1.165) is 42.7 Å². The Kier molecular flexibility index (Phi) is 3.32. The van der Waals surface area contributed by atoms with E-state index in [2.05, 4.69) is 5.32 Å². The van der Waals surface area contributed by atoms with E-state index in [1.807, 2.05) is 18.2 Å². The smallest absolute Gasteiger partial charge is 0.223 e. The van der Waals surface area contributed by atoms with Crippen LogP contribution >= 0.6 is 0 Å². The summed E-state index contributed by atoms with van der Waals surface area (Å²) < 4.78 is 11.0. The predicted molar refractivity (Wildman–Crippen MR) is 71.3 cm³/mol. The molecule has 1 aromatic carbocycles. The van der Waals surface area contributed by atoms with E-state index in [0.29, 0.717) is 6.61 Å². The van der Waals surface area contributed by atoms with Crippen molar-refractivity contribution in [1.82, 2.24) is 5.32 Å². The van der Waals surface area contributed by atoms with E-state index in [1.54, 1.807) is 7.11 Å². The van der Waals surface area contributed by atoms with Crippen LogP contribution in [0.15, 0.2) is 18.2 Å². The summed E-state index contributed by atoms with van der Waals surface area (Å²) in [7, 11) is 1.65. The summed E-state index contributed by atoms with van der Waals surface area (Å²) in [6.45, 7) is 0.703. The minimum absolute atomic E-state index is 0.0423. The highest BCUT2D eigenvalue weighted by atomic mass is 16.5. The second-order valence-electron chi connectivity index (χ2n) is 5.23. The zero-order valence-corrected chi connectivity index (χ0v) is 11.1. The number of rotatable bonds is 3. The van der Waals surface area contributed by atoms with Gasteiger partial charge in [0.2, 0.25) is 5.91 Å². The first kappa shape index (κ1) is 12.3. The molecular formula is C15H19NO3. The Morgan fingerprint density at radius 1 is 1.37 bits per heavy atom. The molecule has 0 radical (unpaired) electrons. The van der Waals surface area contributed by atoms with Gasteiger partial charge in [-0.3, -0.25) is 4.79 Å². The molecule has 2 aliphatic rings. The molecule has 1 amide bonds. The molecule has 1 fully saturated rings. The molecule has 1 aliphatic carbocycles. The molecule has 3 rings (SSSR count). The van der Waals surface area contributed by atoms with E-state index >= 15 is 0 Å². The number of fused-ring (bicyclic) bond motifs is 1. The van der Waals surface area contributed by atoms with Crippen molar-refractivity contribution in [2.45, 2.75) is 31.7 Å². The summed E-state index contributed by atoms with van der Waals surface area (Å²) in [6, 6.07) is 5.83. The molecular weight excluding hydrogens is 242 g/mol. The first-order valence-corrected chi connectivity index (χ1v) is 6.89. The van der Waals surface area contributed by atoms with Crippen molar-refractivity contribution in [2.75, 3.05) is 13.7 Å². The van der Waals surface area contributed by atoms with Gasteiger partial charge in [0.15, 0.2) is 0 Å². The third-order valence-electron chi connectivity index (χ3n) is 3.75. The van der Waals surface area contributed by atoms with Crippen LogP contribution in [-0.4, -0.2) is 19.6 Å². The lowest BCUT2D eigenvalue weighted by molar-refractivity contribution is -0.123. The molecule has 1 aliphatic heterocycles. The fraction of sp³-hybridized carbons (Fsp3) is 0.533. The summed E-state index contributed by atoms with van der Waals surface area (Å²) in [5, 5.41) is 3.15. The van der Waals surface area contributed by atoms with Gasteiger partial charge in [0.1, 0.15) is 11.5 Å². The molecule has 1 atom stereocenters. The van der Waals surface area contributed by atoms with Crippen molar-refractivity contribution in [2.24, 2.45) is 5.92 Å². The topological polar surface area (TPSA) is 47.6 Å². The lowest BCUT2D eigenvalue weighted by atomic mass is 10.0. The molecule has 1 saturated carbocycles. The largest absolute Gasteiger partial charge is 0.497 e. The third-order valence-corrected chi connectivity index (χ3v) is 3.75. The van der Waals surface area contributed by atoms with Crippen LogP contribution in [0.2, 0.25) is 0 Å². The molecule has 1 unspecified atom stereocenters. The van der Waals surface area contributed by atoms with Gasteiger partial charge in [0.05, 0.1) is 19.8 Å². The molecule has 0 bridgehead atoms. The molecule has 0 saturated heterocycles. The Hall–Kier alpha value is -1.71. The Bertz CT molecular complexity index is 482. The van der Waals surface area contributed by atoms with E-state index in [-0.39, 0.29) is 17.9 Å². The maximum absolute atomic E-state index is 12.0. The lowest BCUT2D eigenvalue weighted by Gasteiger charge is -2.19. The van der Waals surface area contributed by atoms with Crippen LogP contribution in [-0.2, 0) is 4.79 Å². The predicted octanol–water partition coefficient (Wildman–Crippen LogP) is 2.44. The van der Waals surface area contributed by atoms with Gasteiger partial charge in [-0.25, -0.2) is 0 Å². The molecule has 4 heteroatoms. The number of carbonyl (C=O) groups excluding carboxylic acids is 1. The molecule has 0 aromatic heterocycles. The zero-order valence-electron chi connectivity index (χ0n) is 11.1. The first-order chi connectivity index (χ1) is 9.28. The Balaban J connectivity index is 1.85. The highest BCUT2D eigenvalue weighted by Crippen LogP contribution is 2.36. The normalized spacial score (nSPS) is 21.8. The fourth-order valence-corrected chi connectivity index (χ4v) is 2.47. The lowest BCUT2D eigenvalue weighted by Crippen LogP contribution is -2.29. The first-order valence-electron chi connectivity index (χ1n) is 6.89. The fourth-order valence-electron chi connectivity index (χ4n) is 2.47. The van der Waals surface area contributed by atoms with Gasteiger partial charge in [0.25, 0.3) is 0 Å². The number of methoxy groups -OCH3 is 1. The third kappa shape index (κ3) is 2.67. The van der Waals surface area contributed by atoms with Crippen molar-refractivity contribution < 1.29 is 14.3 Å². The van der Waals surface area contributed by atoms with Crippen LogP contribution < -0.4 is 14.8 Å². The van der Waals surface area contributed by atoms with Crippen molar-refractivity contribution in [1.29, 1.82) is 0 Å². The van der Waals surface area contributed by atoms with Gasteiger partial charge < -0.3 is 14.8 Å². The minimum Gasteiger partial charge on any atom is -0.497 e. The summed E-state index contributed by atoms with van der Waals surface area (Å²) >= 11 is 0. The van der Waals surface area contributed by atoms with Crippen LogP contribution in [0, 0.1) is 5.92 Å². The molecule has 19 heavy (non-hydrogen) atoms. The molecule has 1 heterocycles. The SMILES string of the molecule is COc1ccc2c(c1)C(NC(=O)C1CC1)CCCO2. The maximum Gasteiger partial charge on any atom is 0.223 e. The minimum atomic E-state index is 0.0423. The highest BCUT2D eigenvalue weighted by molar-refractivity contribution is 5.81. The Morgan fingerprint density at radius 3 is 2.95 bits per heavy atom. The molecule has 0 spiro atoms. The van der Waals surface area contributed by atoms with Crippen LogP contribution in [0.25, 0.3) is 0 Å². The van der Waals surface area contributed by atoms with Gasteiger partial charge in [-0.15, -0.1) is 0 Å². The van der Waals surface area contributed by atoms with Crippen LogP contribution in [0.4, 0.5) is 0 Å². The highest BCUT2D eigenvalue weighted by Gasteiger charge is 2.32. The van der Waals surface area contributed by atoms with E-state index in [1.165, 1.54) is 0 Å². The van der Waals surface area contributed by atoms with Crippen LogP contribution in [0.1, 0.15) is 37.3 Å². The Morgan fingerprint density at radius 2 is 2.21 bits per heavy atom. The zero-order chi connectivity index (χ0) is 13.2. The second-order valence-corrected chi connectivity index (χ2v) is 5.23. The quantitative estimate of drug-likeness (QED) is 0.909. The number of benzene rings is 1. The van der Waals surface area contributed by atoms with Crippen molar-refractivity contribution >= 4 is 5.91 Å². The Labute approximate surface area is 113 Å². The van der Waals surface area contributed by atoms with Gasteiger partial charge in [0, 0.05) is 11.5 Å². The average molecular weight is 261 g/mol. The van der Waals surface area contributed by atoms with Gasteiger partial charge in [-0.2, -0.15) is 0 Å². The summed E-state index contributed by atoms with van der Waals surface area (Å²) in [5.41, 5.74) is 1.03. The monoisotopic (exact) mass is 261 g/mol. The number of nitrogens with one attached hydrogen (secondary N) is 1. The number of hydrogen-bond acceptors (Lipinski definition) is 3. The number of carbonyl (C=O) groups is 1. The molecule has 1 aromatic rings. The maximum atomic E-state index is 12.0. The molecule has 102 valence electrons. The van der Waals surface area contributed by atoms with Gasteiger partial charge >= 0.3 is 0 Å². The summed E-state index contributed by atoms with van der Waals surface area (Å²) in [5.74, 6) is 2.08. The van der Waals surface area contributed by atoms with Gasteiger partial charge in [-0.05, 0) is 43.9 Å². The molecule has 1 N–H and O–H groups in total.